The Kier molecular flexibility index (Phi) is 2.30. The normalized spacial score (nSPS) is 10.1. The highest BCUT2D eigenvalue weighted by Gasteiger charge is 2.07. The average molecular weight is 196 g/mol. The lowest BCUT2D eigenvalue weighted by Gasteiger charge is -2.08. The maximum Gasteiger partial charge on any atom is 0.116 e. The van der Waals surface area contributed by atoms with Crippen molar-refractivity contribution >= 4 is 22.6 Å². The van der Waals surface area contributed by atoms with Gasteiger partial charge in [-0.05, 0) is 16.3 Å². The van der Waals surface area contributed by atoms with Crippen LogP contribution in [0.3, 0.4) is 0 Å². The van der Waals surface area contributed by atoms with Crippen molar-refractivity contribution in [1.29, 1.82) is 0 Å². The molecule has 0 unspecified atom stereocenters. The van der Waals surface area contributed by atoms with Gasteiger partial charge in [0.05, 0.1) is 0 Å². The monoisotopic (exact) mass is 196 g/mol. The number of hydrogen-bond acceptors (Lipinski definition) is 1. The van der Waals surface area contributed by atoms with Crippen LogP contribution in [0.25, 0.3) is 22.6 Å². The van der Waals surface area contributed by atoms with E-state index in [-0.39, 0.29) is 5.76 Å². The fraction of sp³-hybridized carbons (Fsp3) is 0. The van der Waals surface area contributed by atoms with Crippen LogP contribution in [0.15, 0.2) is 49.6 Å². The molecule has 0 aliphatic rings. The van der Waals surface area contributed by atoms with Crippen molar-refractivity contribution in [3.63, 3.8) is 0 Å². The molecule has 1 N–H and O–H groups in total. The third-order valence-corrected chi connectivity index (χ3v) is 2.47. The minimum Gasteiger partial charge on any atom is -0.508 e. The Morgan fingerprint density at radius 2 is 1.87 bits per heavy atom. The summed E-state index contributed by atoms with van der Waals surface area (Å²) in [4.78, 5) is 0. The Bertz CT molecular complexity index is 538. The van der Waals surface area contributed by atoms with E-state index in [4.69, 9.17) is 0 Å². The van der Waals surface area contributed by atoms with Crippen LogP contribution in [0, 0.1) is 0 Å². The van der Waals surface area contributed by atoms with E-state index in [1.807, 2.05) is 36.4 Å². The van der Waals surface area contributed by atoms with E-state index < -0.39 is 0 Å². The first-order chi connectivity index (χ1) is 7.24. The number of rotatable bonds is 2. The standard InChI is InChI=1S/C14H12O/c1-3-11-8-9-12-6-4-5-7-13(12)14(11)10(2)15/h3-9,15H,1-2H2. The molecule has 0 aromatic heterocycles. The smallest absolute Gasteiger partial charge is 0.116 e. The second kappa shape index (κ2) is 3.62. The molecule has 2 aromatic carbocycles. The largest absolute Gasteiger partial charge is 0.508 e. The lowest BCUT2D eigenvalue weighted by atomic mass is 9.98. The summed E-state index contributed by atoms with van der Waals surface area (Å²) in [5.74, 6) is 0.0849. The molecule has 0 atom stereocenters. The van der Waals surface area contributed by atoms with Crippen LogP contribution in [-0.4, -0.2) is 5.11 Å². The maximum atomic E-state index is 9.59. The number of benzene rings is 2. The summed E-state index contributed by atoms with van der Waals surface area (Å²) in [6.07, 6.45) is 1.73. The first-order valence-electron chi connectivity index (χ1n) is 4.76. The van der Waals surface area contributed by atoms with Crippen LogP contribution in [0.5, 0.6) is 0 Å². The van der Waals surface area contributed by atoms with Gasteiger partial charge in [-0.25, -0.2) is 0 Å². The van der Waals surface area contributed by atoms with Crippen LogP contribution in [0.4, 0.5) is 0 Å². The highest BCUT2D eigenvalue weighted by molar-refractivity contribution is 5.95. The van der Waals surface area contributed by atoms with Gasteiger partial charge in [0.15, 0.2) is 0 Å². The zero-order chi connectivity index (χ0) is 10.8. The molecule has 0 bridgehead atoms. The Labute approximate surface area is 89.0 Å². The van der Waals surface area contributed by atoms with E-state index in [9.17, 15) is 5.11 Å². The van der Waals surface area contributed by atoms with E-state index in [0.29, 0.717) is 0 Å². The quantitative estimate of drug-likeness (QED) is 0.719. The van der Waals surface area contributed by atoms with Crippen LogP contribution < -0.4 is 0 Å². The third kappa shape index (κ3) is 1.52. The fourth-order valence-electron chi connectivity index (χ4n) is 1.78. The molecule has 15 heavy (non-hydrogen) atoms. The highest BCUT2D eigenvalue weighted by Crippen LogP contribution is 2.27. The van der Waals surface area contributed by atoms with Crippen molar-refractivity contribution in [3.05, 3.63) is 60.7 Å². The van der Waals surface area contributed by atoms with Crippen molar-refractivity contribution in [2.75, 3.05) is 0 Å². The summed E-state index contributed by atoms with van der Waals surface area (Å²) in [6.45, 7) is 7.32. The summed E-state index contributed by atoms with van der Waals surface area (Å²) >= 11 is 0. The van der Waals surface area contributed by atoms with Gasteiger partial charge >= 0.3 is 0 Å². The number of fused-ring (bicyclic) bond motifs is 1. The molecular formula is C14H12O. The van der Waals surface area contributed by atoms with Crippen LogP contribution >= 0.6 is 0 Å². The van der Waals surface area contributed by atoms with E-state index in [2.05, 4.69) is 13.2 Å². The molecule has 0 saturated carbocycles. The molecule has 74 valence electrons. The maximum absolute atomic E-state index is 9.59. The molecular weight excluding hydrogens is 184 g/mol. The van der Waals surface area contributed by atoms with Crippen molar-refractivity contribution in [2.24, 2.45) is 0 Å². The first-order valence-corrected chi connectivity index (χ1v) is 4.76. The molecule has 0 fully saturated rings. The van der Waals surface area contributed by atoms with E-state index in [1.54, 1.807) is 6.08 Å². The Morgan fingerprint density at radius 3 is 2.53 bits per heavy atom. The predicted octanol–water partition coefficient (Wildman–Crippen LogP) is 4.01. The van der Waals surface area contributed by atoms with Crippen LogP contribution in [0.1, 0.15) is 11.1 Å². The van der Waals surface area contributed by atoms with Crippen LogP contribution in [0.2, 0.25) is 0 Å². The molecule has 0 heterocycles. The summed E-state index contributed by atoms with van der Waals surface area (Å²) in [7, 11) is 0. The number of aliphatic hydroxyl groups is 1. The molecule has 0 amide bonds. The average Bonchev–Trinajstić information content (AvgIpc) is 2.27. The molecule has 0 aliphatic heterocycles. The summed E-state index contributed by atoms with van der Waals surface area (Å²) in [5, 5.41) is 11.7. The van der Waals surface area contributed by atoms with Crippen LogP contribution in [-0.2, 0) is 0 Å². The summed E-state index contributed by atoms with van der Waals surface area (Å²) in [5.41, 5.74) is 1.67. The van der Waals surface area contributed by atoms with Gasteiger partial charge in [0, 0.05) is 5.56 Å². The molecule has 2 aromatic rings. The van der Waals surface area contributed by atoms with Gasteiger partial charge in [-0.15, -0.1) is 0 Å². The van der Waals surface area contributed by atoms with Gasteiger partial charge in [-0.2, -0.15) is 0 Å². The van der Waals surface area contributed by atoms with E-state index in [1.165, 1.54) is 0 Å². The second-order valence-corrected chi connectivity index (χ2v) is 3.40. The lowest BCUT2D eigenvalue weighted by molar-refractivity contribution is 0.514. The zero-order valence-electron chi connectivity index (χ0n) is 8.40. The van der Waals surface area contributed by atoms with Gasteiger partial charge in [0.1, 0.15) is 5.76 Å². The molecule has 1 nitrogen and oxygen atoms in total. The van der Waals surface area contributed by atoms with Gasteiger partial charge < -0.3 is 5.11 Å². The Balaban J connectivity index is 2.90. The molecule has 2 rings (SSSR count). The third-order valence-electron chi connectivity index (χ3n) is 2.47. The molecule has 1 heteroatoms. The highest BCUT2D eigenvalue weighted by atomic mass is 16.3. The second-order valence-electron chi connectivity index (χ2n) is 3.40. The van der Waals surface area contributed by atoms with E-state index in [0.717, 1.165) is 21.9 Å². The molecule has 0 radical (unpaired) electrons. The van der Waals surface area contributed by atoms with Crippen molar-refractivity contribution in [1.82, 2.24) is 0 Å². The minimum absolute atomic E-state index is 0.0849. The lowest BCUT2D eigenvalue weighted by Crippen LogP contribution is -1.89. The minimum atomic E-state index is 0.0849. The molecule has 0 aliphatic carbocycles. The first kappa shape index (κ1) is 9.53. The van der Waals surface area contributed by atoms with Crippen molar-refractivity contribution in [2.45, 2.75) is 0 Å². The predicted molar refractivity (Wildman–Crippen MR) is 65.7 cm³/mol. The fourth-order valence-corrected chi connectivity index (χ4v) is 1.78. The van der Waals surface area contributed by atoms with Gasteiger partial charge in [-0.3, -0.25) is 0 Å². The van der Waals surface area contributed by atoms with Gasteiger partial charge in [0.25, 0.3) is 0 Å². The van der Waals surface area contributed by atoms with Crippen molar-refractivity contribution < 1.29 is 5.11 Å². The van der Waals surface area contributed by atoms with Crippen molar-refractivity contribution in [3.8, 4) is 0 Å². The summed E-state index contributed by atoms with van der Waals surface area (Å²) in [6, 6.07) is 11.8. The molecule has 0 spiro atoms. The molecule has 0 saturated heterocycles. The summed E-state index contributed by atoms with van der Waals surface area (Å²) < 4.78 is 0. The van der Waals surface area contributed by atoms with E-state index >= 15 is 0 Å². The Morgan fingerprint density at radius 1 is 1.13 bits per heavy atom. The SMILES string of the molecule is C=Cc1ccc2ccccc2c1C(=C)O. The van der Waals surface area contributed by atoms with Gasteiger partial charge in [0.2, 0.25) is 0 Å². The number of hydrogen-bond donors (Lipinski definition) is 1. The Hall–Kier alpha value is -2.02. The topological polar surface area (TPSA) is 20.2 Å². The van der Waals surface area contributed by atoms with Gasteiger partial charge in [-0.1, -0.05) is 55.6 Å². The number of aliphatic hydroxyl groups excluding tert-OH is 1. The zero-order valence-corrected chi connectivity index (χ0v) is 8.40.